The molecule has 0 radical (unpaired) electrons. The Kier molecular flexibility index (Phi) is 4.08. The quantitative estimate of drug-likeness (QED) is 0.808. The lowest BCUT2D eigenvalue weighted by Gasteiger charge is -2.09. The number of carboxylic acids is 1. The molecule has 0 heterocycles. The van der Waals surface area contributed by atoms with E-state index in [2.05, 4.69) is 22.6 Å². The molecular weight excluding hydrogens is 366 g/mol. The molecule has 2 rings (SSSR count). The van der Waals surface area contributed by atoms with Crippen molar-refractivity contribution in [2.45, 2.75) is 0 Å². The van der Waals surface area contributed by atoms with E-state index in [1.54, 1.807) is 6.07 Å². The van der Waals surface area contributed by atoms with Crippen molar-refractivity contribution in [2.75, 3.05) is 0 Å². The molecule has 0 saturated carbocycles. The minimum atomic E-state index is -1.05. The van der Waals surface area contributed by atoms with E-state index in [4.69, 9.17) is 21.4 Å². The summed E-state index contributed by atoms with van der Waals surface area (Å²) in [4.78, 5) is 11.1. The van der Waals surface area contributed by atoms with E-state index in [0.717, 1.165) is 3.57 Å². The van der Waals surface area contributed by atoms with E-state index in [1.807, 2.05) is 18.2 Å². The molecule has 3 nitrogen and oxygen atoms in total. The zero-order valence-electron chi connectivity index (χ0n) is 9.06. The molecule has 18 heavy (non-hydrogen) atoms. The Labute approximate surface area is 122 Å². The second kappa shape index (κ2) is 5.58. The second-order valence-corrected chi connectivity index (χ2v) is 5.19. The first-order valence-electron chi connectivity index (χ1n) is 5.02. The summed E-state index contributed by atoms with van der Waals surface area (Å²) in [5.74, 6) is -0.240. The normalized spacial score (nSPS) is 10.1. The predicted octanol–water partition coefficient (Wildman–Crippen LogP) is 4.44. The van der Waals surface area contributed by atoms with Gasteiger partial charge < -0.3 is 9.84 Å². The van der Waals surface area contributed by atoms with E-state index < -0.39 is 5.97 Å². The third-order valence-corrected chi connectivity index (χ3v) is 3.10. The van der Waals surface area contributed by atoms with Gasteiger partial charge in [0.05, 0.1) is 0 Å². The molecule has 0 aliphatic heterocycles. The Morgan fingerprint density at radius 3 is 2.67 bits per heavy atom. The van der Waals surface area contributed by atoms with Gasteiger partial charge in [0.1, 0.15) is 17.1 Å². The van der Waals surface area contributed by atoms with E-state index in [0.29, 0.717) is 10.8 Å². The van der Waals surface area contributed by atoms with E-state index in [9.17, 15) is 4.79 Å². The van der Waals surface area contributed by atoms with Crippen LogP contribution in [0.25, 0.3) is 0 Å². The van der Waals surface area contributed by atoms with Crippen LogP contribution in [0.15, 0.2) is 42.5 Å². The number of halogens is 2. The first-order valence-corrected chi connectivity index (χ1v) is 6.48. The lowest BCUT2D eigenvalue weighted by molar-refractivity contribution is 0.0694. The standard InChI is InChI=1S/C13H8ClIO3/c14-8-4-5-11(13(16)17)12(6-8)18-10-3-1-2-9(15)7-10/h1-7H,(H,16,17). The summed E-state index contributed by atoms with van der Waals surface area (Å²) < 4.78 is 6.57. The van der Waals surface area contributed by atoms with Crippen LogP contribution in [0.2, 0.25) is 5.02 Å². The number of benzene rings is 2. The molecule has 0 bridgehead atoms. The molecule has 0 aliphatic carbocycles. The number of ether oxygens (including phenoxy) is 1. The van der Waals surface area contributed by atoms with E-state index >= 15 is 0 Å². The zero-order valence-corrected chi connectivity index (χ0v) is 12.0. The third kappa shape index (κ3) is 3.14. The topological polar surface area (TPSA) is 46.5 Å². The average Bonchev–Trinajstić information content (AvgIpc) is 2.28. The molecule has 0 aliphatic rings. The van der Waals surface area contributed by atoms with Gasteiger partial charge in [0.15, 0.2) is 0 Å². The summed E-state index contributed by atoms with van der Waals surface area (Å²) in [6, 6.07) is 11.8. The smallest absolute Gasteiger partial charge is 0.339 e. The Morgan fingerprint density at radius 1 is 1.22 bits per heavy atom. The molecular formula is C13H8ClIO3. The van der Waals surface area contributed by atoms with Crippen LogP contribution in [0.4, 0.5) is 0 Å². The first-order chi connectivity index (χ1) is 8.56. The highest BCUT2D eigenvalue weighted by molar-refractivity contribution is 14.1. The van der Waals surface area contributed by atoms with Gasteiger partial charge >= 0.3 is 5.97 Å². The zero-order chi connectivity index (χ0) is 13.1. The van der Waals surface area contributed by atoms with Crippen molar-refractivity contribution in [1.29, 1.82) is 0 Å². The van der Waals surface area contributed by atoms with Gasteiger partial charge in [-0.15, -0.1) is 0 Å². The van der Waals surface area contributed by atoms with Crippen molar-refractivity contribution in [1.82, 2.24) is 0 Å². The number of hydrogen-bond donors (Lipinski definition) is 1. The minimum absolute atomic E-state index is 0.0817. The van der Waals surface area contributed by atoms with E-state index in [-0.39, 0.29) is 11.3 Å². The lowest BCUT2D eigenvalue weighted by atomic mass is 10.2. The molecule has 0 aromatic heterocycles. The van der Waals surface area contributed by atoms with Gasteiger partial charge in [0, 0.05) is 14.7 Å². The maximum Gasteiger partial charge on any atom is 0.339 e. The van der Waals surface area contributed by atoms with Gasteiger partial charge in [-0.05, 0) is 52.9 Å². The summed E-state index contributed by atoms with van der Waals surface area (Å²) in [5, 5.41) is 9.50. The van der Waals surface area contributed by atoms with Crippen molar-refractivity contribution < 1.29 is 14.6 Å². The number of carboxylic acid groups (broad SMARTS) is 1. The molecule has 0 atom stereocenters. The van der Waals surface area contributed by atoms with Crippen molar-refractivity contribution in [3.05, 3.63) is 56.6 Å². The summed E-state index contributed by atoms with van der Waals surface area (Å²) >= 11 is 8.00. The van der Waals surface area contributed by atoms with Crippen LogP contribution in [0.1, 0.15) is 10.4 Å². The van der Waals surface area contributed by atoms with Crippen LogP contribution in [-0.4, -0.2) is 11.1 Å². The summed E-state index contributed by atoms with van der Waals surface area (Å²) in [5.41, 5.74) is 0.0817. The molecule has 0 fully saturated rings. The second-order valence-electron chi connectivity index (χ2n) is 3.51. The van der Waals surface area contributed by atoms with Crippen LogP contribution in [0, 0.1) is 3.57 Å². The molecule has 0 spiro atoms. The summed E-state index contributed by atoms with van der Waals surface area (Å²) in [7, 11) is 0. The minimum Gasteiger partial charge on any atom is -0.478 e. The number of rotatable bonds is 3. The predicted molar refractivity (Wildman–Crippen MR) is 77.6 cm³/mol. The molecule has 5 heteroatoms. The highest BCUT2D eigenvalue weighted by Crippen LogP contribution is 2.29. The summed E-state index contributed by atoms with van der Waals surface area (Å²) in [6.07, 6.45) is 0. The van der Waals surface area contributed by atoms with Crippen LogP contribution in [0.5, 0.6) is 11.5 Å². The Morgan fingerprint density at radius 2 is 2.00 bits per heavy atom. The molecule has 2 aromatic carbocycles. The molecule has 1 N–H and O–H groups in total. The highest BCUT2D eigenvalue weighted by Gasteiger charge is 2.12. The summed E-state index contributed by atoms with van der Waals surface area (Å²) in [6.45, 7) is 0. The molecule has 0 amide bonds. The molecule has 2 aromatic rings. The van der Waals surface area contributed by atoms with Crippen molar-refractivity contribution in [3.63, 3.8) is 0 Å². The fourth-order valence-corrected chi connectivity index (χ4v) is 2.09. The van der Waals surface area contributed by atoms with Crippen LogP contribution in [-0.2, 0) is 0 Å². The largest absolute Gasteiger partial charge is 0.478 e. The maximum absolute atomic E-state index is 11.1. The Bertz CT molecular complexity index is 599. The first kappa shape index (κ1) is 13.2. The lowest BCUT2D eigenvalue weighted by Crippen LogP contribution is -1.99. The van der Waals surface area contributed by atoms with Gasteiger partial charge in [0.25, 0.3) is 0 Å². The third-order valence-electron chi connectivity index (χ3n) is 2.20. The van der Waals surface area contributed by atoms with Gasteiger partial charge in [-0.25, -0.2) is 4.79 Å². The van der Waals surface area contributed by atoms with Gasteiger partial charge in [-0.2, -0.15) is 0 Å². The highest BCUT2D eigenvalue weighted by atomic mass is 127. The Balaban J connectivity index is 2.39. The van der Waals surface area contributed by atoms with Gasteiger partial charge in [-0.3, -0.25) is 0 Å². The molecule has 0 saturated heterocycles. The van der Waals surface area contributed by atoms with Crippen molar-refractivity contribution >= 4 is 40.2 Å². The monoisotopic (exact) mass is 374 g/mol. The maximum atomic E-state index is 11.1. The van der Waals surface area contributed by atoms with Crippen LogP contribution in [0.3, 0.4) is 0 Å². The number of hydrogen-bond acceptors (Lipinski definition) is 2. The van der Waals surface area contributed by atoms with E-state index in [1.165, 1.54) is 18.2 Å². The fraction of sp³-hybridized carbons (Fsp3) is 0. The average molecular weight is 375 g/mol. The van der Waals surface area contributed by atoms with Gasteiger partial charge in [0.2, 0.25) is 0 Å². The number of carbonyl (C=O) groups is 1. The van der Waals surface area contributed by atoms with Gasteiger partial charge in [-0.1, -0.05) is 17.7 Å². The van der Waals surface area contributed by atoms with Crippen LogP contribution >= 0.6 is 34.2 Å². The Hall–Kier alpha value is -1.27. The van der Waals surface area contributed by atoms with Crippen molar-refractivity contribution in [3.8, 4) is 11.5 Å². The van der Waals surface area contributed by atoms with Crippen molar-refractivity contribution in [2.24, 2.45) is 0 Å². The fourth-order valence-electron chi connectivity index (χ4n) is 1.41. The van der Waals surface area contributed by atoms with Crippen LogP contribution < -0.4 is 4.74 Å². The SMILES string of the molecule is O=C(O)c1ccc(Cl)cc1Oc1cccc(I)c1. The molecule has 0 unspecified atom stereocenters. The number of aromatic carboxylic acids is 1. The molecule has 92 valence electrons.